The van der Waals surface area contributed by atoms with E-state index in [1.54, 1.807) is 47.4 Å². The Balaban J connectivity index is 0.00000158. The molecule has 176 valence electrons. The highest BCUT2D eigenvalue weighted by Crippen LogP contribution is 2.26. The third kappa shape index (κ3) is 5.71. The van der Waals surface area contributed by atoms with Crippen LogP contribution >= 0.6 is 0 Å². The van der Waals surface area contributed by atoms with E-state index in [2.05, 4.69) is 30.5 Å². The molecule has 0 saturated heterocycles. The van der Waals surface area contributed by atoms with Gasteiger partial charge in [0.1, 0.15) is 35.0 Å². The minimum absolute atomic E-state index is 0.199. The summed E-state index contributed by atoms with van der Waals surface area (Å²) in [6, 6.07) is 9.99. The van der Waals surface area contributed by atoms with Gasteiger partial charge in [0.2, 0.25) is 0 Å². The first kappa shape index (κ1) is 24.3. The molecular weight excluding hydrogens is 435 g/mol. The molecule has 0 atom stereocenters. The maximum Gasteiger partial charge on any atom is 0.182 e. The summed E-state index contributed by atoms with van der Waals surface area (Å²) in [6.45, 7) is 7.88. The van der Waals surface area contributed by atoms with Crippen LogP contribution in [0.1, 0.15) is 33.3 Å². The van der Waals surface area contributed by atoms with E-state index in [-0.39, 0.29) is 18.2 Å². The number of nitrogens with one attached hydrogen (secondary N) is 1. The molecule has 0 amide bonds. The van der Waals surface area contributed by atoms with E-state index in [1.165, 1.54) is 12.3 Å². The first-order valence-electron chi connectivity index (χ1n) is 10.8. The third-order valence-corrected chi connectivity index (χ3v) is 4.54. The molecule has 3 aromatic heterocycles. The average Bonchev–Trinajstić information content (AvgIpc) is 3.52. The van der Waals surface area contributed by atoms with Gasteiger partial charge in [-0.3, -0.25) is 4.68 Å². The summed E-state index contributed by atoms with van der Waals surface area (Å²) < 4.78 is 20.8. The standard InChI is InChI=1S/C22H21FN8O.C2H6/c1-3-9-25-14(2)27-19-12-26-22(28-21(19)24)18-11-20(17-8-10-32-30-17)31(29-18)13-15-6-4-5-7-16(15)23;1-2/h3-12H,13H2,1-2H3,(H,25,27)(H2,24,26,28);1-2H3/b9-3-;. The van der Waals surface area contributed by atoms with Crippen LogP contribution in [-0.4, -0.2) is 30.7 Å². The molecule has 4 aromatic rings. The SMILES string of the molecule is C/C=C\N=C(C)Nc1cnc(-c2cc(-c3ccon3)n(Cc3ccccc3F)n2)nc1N.CC. The lowest BCUT2D eigenvalue weighted by molar-refractivity contribution is 0.421. The highest BCUT2D eigenvalue weighted by atomic mass is 19.1. The van der Waals surface area contributed by atoms with E-state index in [4.69, 9.17) is 10.3 Å². The van der Waals surface area contributed by atoms with Gasteiger partial charge in [0.25, 0.3) is 0 Å². The predicted octanol–water partition coefficient (Wildman–Crippen LogP) is 5.15. The first-order chi connectivity index (χ1) is 16.5. The molecule has 0 spiro atoms. The molecule has 4 rings (SSSR count). The van der Waals surface area contributed by atoms with Gasteiger partial charge < -0.3 is 15.6 Å². The molecule has 0 saturated carbocycles. The summed E-state index contributed by atoms with van der Waals surface area (Å²) in [4.78, 5) is 13.0. The van der Waals surface area contributed by atoms with Gasteiger partial charge in [-0.25, -0.2) is 19.4 Å². The lowest BCUT2D eigenvalue weighted by Crippen LogP contribution is -2.10. The van der Waals surface area contributed by atoms with Gasteiger partial charge >= 0.3 is 0 Å². The average molecular weight is 463 g/mol. The normalized spacial score (nSPS) is 11.4. The molecule has 9 nitrogen and oxygen atoms in total. The van der Waals surface area contributed by atoms with Gasteiger partial charge in [-0.05, 0) is 26.0 Å². The quantitative estimate of drug-likeness (QED) is 0.300. The number of benzene rings is 1. The van der Waals surface area contributed by atoms with Crippen LogP contribution in [0.25, 0.3) is 22.9 Å². The van der Waals surface area contributed by atoms with Crippen molar-refractivity contribution in [2.24, 2.45) is 4.99 Å². The fourth-order valence-corrected chi connectivity index (χ4v) is 3.01. The zero-order valence-electron chi connectivity index (χ0n) is 19.5. The summed E-state index contributed by atoms with van der Waals surface area (Å²) >= 11 is 0. The number of nitrogens with two attached hydrogens (primary N) is 1. The number of rotatable bonds is 6. The Bertz CT molecular complexity index is 1280. The van der Waals surface area contributed by atoms with Gasteiger partial charge in [0.05, 0.1) is 18.4 Å². The molecule has 10 heteroatoms. The number of hydrogen-bond acceptors (Lipinski definition) is 7. The number of nitrogens with zero attached hydrogens (tertiary/aromatic N) is 6. The fourth-order valence-electron chi connectivity index (χ4n) is 3.01. The first-order valence-corrected chi connectivity index (χ1v) is 10.8. The van der Waals surface area contributed by atoms with Gasteiger partial charge in [-0.1, -0.05) is 43.3 Å². The number of halogens is 1. The Morgan fingerprint density at radius 3 is 2.71 bits per heavy atom. The Morgan fingerprint density at radius 1 is 1.24 bits per heavy atom. The molecule has 0 unspecified atom stereocenters. The number of aliphatic imine (C=N–C) groups is 1. The van der Waals surface area contributed by atoms with E-state index in [0.29, 0.717) is 40.0 Å². The molecular formula is C24H27FN8O. The van der Waals surface area contributed by atoms with E-state index in [1.807, 2.05) is 33.8 Å². The smallest absolute Gasteiger partial charge is 0.182 e. The maximum absolute atomic E-state index is 14.2. The maximum atomic E-state index is 14.2. The van der Waals surface area contributed by atoms with E-state index < -0.39 is 0 Å². The lowest BCUT2D eigenvalue weighted by Gasteiger charge is -2.08. The van der Waals surface area contributed by atoms with Crippen LogP contribution in [0.5, 0.6) is 0 Å². The van der Waals surface area contributed by atoms with Crippen LogP contribution in [0.3, 0.4) is 0 Å². The summed E-state index contributed by atoms with van der Waals surface area (Å²) in [5.74, 6) is 0.903. The van der Waals surface area contributed by atoms with Crippen molar-refractivity contribution < 1.29 is 8.91 Å². The van der Waals surface area contributed by atoms with Crippen molar-refractivity contribution in [3.63, 3.8) is 0 Å². The molecule has 0 radical (unpaired) electrons. The lowest BCUT2D eigenvalue weighted by atomic mass is 10.2. The predicted molar refractivity (Wildman–Crippen MR) is 132 cm³/mol. The minimum atomic E-state index is -0.318. The number of allylic oxidation sites excluding steroid dienone is 1. The topological polar surface area (TPSA) is 120 Å². The molecule has 34 heavy (non-hydrogen) atoms. The van der Waals surface area contributed by atoms with Gasteiger partial charge in [0, 0.05) is 17.8 Å². The van der Waals surface area contributed by atoms with Crippen molar-refractivity contribution in [2.75, 3.05) is 11.1 Å². The number of nitrogen functional groups attached to an aromatic ring is 1. The summed E-state index contributed by atoms with van der Waals surface area (Å²) in [5, 5.41) is 11.6. The number of hydrogen-bond donors (Lipinski definition) is 2. The highest BCUT2D eigenvalue weighted by molar-refractivity contribution is 5.95. The van der Waals surface area contributed by atoms with Crippen LogP contribution in [0, 0.1) is 5.82 Å². The number of amidine groups is 1. The number of anilines is 2. The van der Waals surface area contributed by atoms with Gasteiger partial charge in [-0.2, -0.15) is 5.10 Å². The van der Waals surface area contributed by atoms with Crippen molar-refractivity contribution in [3.8, 4) is 22.9 Å². The van der Waals surface area contributed by atoms with E-state index in [9.17, 15) is 4.39 Å². The molecule has 1 aromatic carbocycles. The molecule has 3 heterocycles. The van der Waals surface area contributed by atoms with E-state index >= 15 is 0 Å². The number of aromatic nitrogens is 5. The zero-order chi connectivity index (χ0) is 24.5. The second-order valence-corrected chi connectivity index (χ2v) is 6.86. The van der Waals surface area contributed by atoms with Crippen LogP contribution < -0.4 is 11.1 Å². The van der Waals surface area contributed by atoms with Gasteiger partial charge in [-0.15, -0.1) is 0 Å². The molecule has 0 bridgehead atoms. The summed E-state index contributed by atoms with van der Waals surface area (Å²) in [5.41, 5.74) is 8.80. The van der Waals surface area contributed by atoms with Crippen LogP contribution in [0.4, 0.5) is 15.9 Å². The van der Waals surface area contributed by atoms with Crippen molar-refractivity contribution >= 4 is 17.3 Å². The fraction of sp³-hybridized carbons (Fsp3) is 0.208. The summed E-state index contributed by atoms with van der Waals surface area (Å²) in [6.07, 6.45) is 6.51. The van der Waals surface area contributed by atoms with Crippen LogP contribution in [0.2, 0.25) is 0 Å². The van der Waals surface area contributed by atoms with Crippen LogP contribution in [-0.2, 0) is 6.54 Å². The molecule has 0 fully saturated rings. The van der Waals surface area contributed by atoms with Crippen molar-refractivity contribution in [1.82, 2.24) is 24.9 Å². The van der Waals surface area contributed by atoms with E-state index in [0.717, 1.165) is 0 Å². The Hall–Kier alpha value is -4.34. The summed E-state index contributed by atoms with van der Waals surface area (Å²) in [7, 11) is 0. The van der Waals surface area contributed by atoms with Crippen molar-refractivity contribution in [3.05, 3.63) is 72.5 Å². The molecule has 0 aliphatic heterocycles. The Morgan fingerprint density at radius 2 is 2.03 bits per heavy atom. The van der Waals surface area contributed by atoms with Crippen molar-refractivity contribution in [2.45, 2.75) is 34.2 Å². The molecule has 0 aliphatic rings. The second-order valence-electron chi connectivity index (χ2n) is 6.86. The third-order valence-electron chi connectivity index (χ3n) is 4.54. The highest BCUT2D eigenvalue weighted by Gasteiger charge is 2.17. The minimum Gasteiger partial charge on any atom is -0.382 e. The Kier molecular flexibility index (Phi) is 8.22. The van der Waals surface area contributed by atoms with Crippen molar-refractivity contribution in [1.29, 1.82) is 0 Å². The van der Waals surface area contributed by atoms with Crippen LogP contribution in [0.15, 0.2) is 70.6 Å². The molecule has 0 aliphatic carbocycles. The zero-order valence-corrected chi connectivity index (χ0v) is 19.5. The largest absolute Gasteiger partial charge is 0.382 e. The second kappa shape index (κ2) is 11.5. The van der Waals surface area contributed by atoms with Gasteiger partial charge in [0.15, 0.2) is 11.6 Å². The monoisotopic (exact) mass is 462 g/mol. The Labute approximate surface area is 197 Å². The molecule has 3 N–H and O–H groups in total.